The highest BCUT2D eigenvalue weighted by Gasteiger charge is 2.55. The van der Waals surface area contributed by atoms with Crippen molar-refractivity contribution in [2.75, 3.05) is 0 Å². The summed E-state index contributed by atoms with van der Waals surface area (Å²) in [5.74, 6) is 0.130. The van der Waals surface area contributed by atoms with Crippen molar-refractivity contribution in [3.63, 3.8) is 0 Å². The van der Waals surface area contributed by atoms with Crippen molar-refractivity contribution in [3.8, 4) is 22.5 Å². The Labute approximate surface area is 292 Å². The summed E-state index contributed by atoms with van der Waals surface area (Å²) in [5, 5.41) is 4.54. The highest BCUT2D eigenvalue weighted by molar-refractivity contribution is 6.01. The summed E-state index contributed by atoms with van der Waals surface area (Å²) >= 11 is 0. The second kappa shape index (κ2) is 12.0. The average Bonchev–Trinajstić information content (AvgIpc) is 3.09. The molecule has 7 rings (SSSR count). The Morgan fingerprint density at radius 2 is 1.61 bits per heavy atom. The Kier molecular flexibility index (Phi) is 8.20. The van der Waals surface area contributed by atoms with Gasteiger partial charge in [0.05, 0.1) is 22.4 Å². The summed E-state index contributed by atoms with van der Waals surface area (Å²) < 4.78 is 21.2. The minimum absolute atomic E-state index is 0.0869. The van der Waals surface area contributed by atoms with Crippen molar-refractivity contribution < 1.29 is 13.5 Å². The van der Waals surface area contributed by atoms with Crippen LogP contribution in [0.2, 0.25) is 0 Å². The maximum Gasteiger partial charge on any atom is 0.221 e. The number of rotatable bonds is 9. The fraction of sp³-hybridized carbons (Fsp3) is 0.391. The minimum Gasteiger partial charge on any atom is -0.207 e. The molecule has 2 nitrogen and oxygen atoms in total. The van der Waals surface area contributed by atoms with E-state index in [1.54, 1.807) is 6.07 Å². The number of hydrogen-bond donors (Lipinski definition) is 0. The van der Waals surface area contributed by atoms with Crippen molar-refractivity contribution in [1.29, 1.82) is 0 Å². The van der Waals surface area contributed by atoms with Gasteiger partial charge < -0.3 is 0 Å². The molecule has 1 unspecified atom stereocenters. The van der Waals surface area contributed by atoms with Crippen LogP contribution in [-0.4, -0.2) is 0 Å². The molecule has 1 atom stereocenters. The first-order chi connectivity index (χ1) is 23.4. The van der Waals surface area contributed by atoms with Gasteiger partial charge in [-0.3, -0.25) is 0 Å². The Morgan fingerprint density at radius 1 is 0.857 bits per heavy atom. The molecule has 3 aromatic carbocycles. The summed E-state index contributed by atoms with van der Waals surface area (Å²) in [5.41, 5.74) is 12.9. The van der Waals surface area contributed by atoms with Gasteiger partial charge in [0.25, 0.3) is 0 Å². The second-order valence-electron chi connectivity index (χ2n) is 15.5. The minimum atomic E-state index is -0.454. The van der Waals surface area contributed by atoms with Gasteiger partial charge in [-0.05, 0) is 89.6 Å². The molecule has 0 radical (unpaired) electrons. The predicted molar refractivity (Wildman–Crippen MR) is 203 cm³/mol. The van der Waals surface area contributed by atoms with Crippen molar-refractivity contribution in [2.24, 2.45) is 7.05 Å². The smallest absolute Gasteiger partial charge is 0.207 e. The molecule has 252 valence electrons. The van der Waals surface area contributed by atoms with Crippen molar-refractivity contribution >= 4 is 23.9 Å². The Balaban J connectivity index is 1.45. The molecule has 5 aromatic rings. The highest BCUT2D eigenvalue weighted by Crippen LogP contribution is 2.56. The van der Waals surface area contributed by atoms with E-state index < -0.39 is 5.41 Å². The van der Waals surface area contributed by atoms with Gasteiger partial charge >= 0.3 is 0 Å². The molecule has 49 heavy (non-hydrogen) atoms. The number of halogens is 1. The Bertz CT molecular complexity index is 2250. The number of nitrogens with zero attached hydrogens (tertiary/aromatic N) is 2. The van der Waals surface area contributed by atoms with E-state index in [4.69, 9.17) is 0 Å². The van der Waals surface area contributed by atoms with Gasteiger partial charge in [-0.25, -0.2) is 8.96 Å². The lowest BCUT2D eigenvalue weighted by Crippen LogP contribution is -2.63. The molecule has 1 aliphatic carbocycles. The van der Waals surface area contributed by atoms with E-state index in [2.05, 4.69) is 127 Å². The largest absolute Gasteiger partial charge is 0.221 e. The van der Waals surface area contributed by atoms with E-state index in [1.165, 1.54) is 55.4 Å². The van der Waals surface area contributed by atoms with Gasteiger partial charge in [0.1, 0.15) is 12.9 Å². The molecular weight excluding hydrogens is 600 g/mol. The van der Waals surface area contributed by atoms with Crippen LogP contribution in [-0.2, 0) is 30.8 Å². The first-order valence-electron chi connectivity index (χ1n) is 18.5. The van der Waals surface area contributed by atoms with Crippen LogP contribution >= 0.6 is 0 Å². The van der Waals surface area contributed by atoms with Crippen LogP contribution in [0, 0.1) is 19.7 Å². The first-order valence-corrected chi connectivity index (χ1v) is 18.5. The third kappa shape index (κ3) is 4.78. The van der Waals surface area contributed by atoms with Crippen molar-refractivity contribution in [2.45, 2.75) is 110 Å². The fourth-order valence-corrected chi connectivity index (χ4v) is 9.74. The lowest BCUT2D eigenvalue weighted by atomic mass is 9.61. The summed E-state index contributed by atoms with van der Waals surface area (Å²) in [6.07, 6.45) is 11.7. The molecule has 2 aromatic heterocycles. The van der Waals surface area contributed by atoms with Crippen molar-refractivity contribution in [1.82, 2.24) is 0 Å². The van der Waals surface area contributed by atoms with E-state index in [1.807, 2.05) is 6.07 Å². The zero-order valence-electron chi connectivity index (χ0n) is 31.0. The van der Waals surface area contributed by atoms with Gasteiger partial charge in [-0.15, -0.1) is 0 Å². The normalized spacial score (nSPS) is 16.7. The molecule has 0 saturated carbocycles. The van der Waals surface area contributed by atoms with E-state index in [0.29, 0.717) is 0 Å². The SMILES string of the molecule is C=c1cc[n+](C)c(-c2c(CCC3c4ccc(F)c5c4-c4c6c(cc(CCCC)cc6cc[n+]4C3(CC)CC)C5(C)C)ccc(C)c2C)c1=C. The number of pyridine rings is 2. The molecule has 3 heterocycles. The first kappa shape index (κ1) is 33.4. The molecular formula is C46H53FN2+2. The quantitative estimate of drug-likeness (QED) is 0.140. The highest BCUT2D eigenvalue weighted by atomic mass is 19.1. The molecule has 3 heteroatoms. The summed E-state index contributed by atoms with van der Waals surface area (Å²) in [4.78, 5) is 0. The van der Waals surface area contributed by atoms with Crippen LogP contribution in [0.4, 0.5) is 4.39 Å². The Hall–Kier alpha value is -4.11. The van der Waals surface area contributed by atoms with Crippen molar-refractivity contribution in [3.05, 3.63) is 116 Å². The molecule has 0 fully saturated rings. The third-order valence-electron chi connectivity index (χ3n) is 12.7. The zero-order chi connectivity index (χ0) is 35.0. The van der Waals surface area contributed by atoms with Crippen LogP contribution in [0.15, 0.2) is 60.9 Å². The van der Waals surface area contributed by atoms with Gasteiger partial charge in [-0.1, -0.05) is 84.5 Å². The molecule has 0 amide bonds. The van der Waals surface area contributed by atoms with E-state index in [9.17, 15) is 0 Å². The zero-order valence-corrected chi connectivity index (χ0v) is 31.0. The van der Waals surface area contributed by atoms with Crippen LogP contribution in [0.5, 0.6) is 0 Å². The third-order valence-corrected chi connectivity index (χ3v) is 12.7. The lowest BCUT2D eigenvalue weighted by molar-refractivity contribution is -0.762. The Morgan fingerprint density at radius 3 is 2.33 bits per heavy atom. The number of aromatic nitrogens is 2. The van der Waals surface area contributed by atoms with Gasteiger partial charge in [0.2, 0.25) is 11.4 Å². The van der Waals surface area contributed by atoms with Crippen LogP contribution in [0.1, 0.15) is 112 Å². The molecule has 2 aliphatic rings. The van der Waals surface area contributed by atoms with E-state index >= 15 is 4.39 Å². The molecule has 0 bridgehead atoms. The van der Waals surface area contributed by atoms with E-state index in [-0.39, 0.29) is 17.3 Å². The number of unbranched alkanes of at least 4 members (excludes halogenated alkanes) is 1. The lowest BCUT2D eigenvalue weighted by Gasteiger charge is -2.45. The summed E-state index contributed by atoms with van der Waals surface area (Å²) in [6.45, 7) is 24.7. The van der Waals surface area contributed by atoms with Gasteiger partial charge in [-0.2, -0.15) is 4.57 Å². The second-order valence-corrected chi connectivity index (χ2v) is 15.5. The molecule has 0 saturated heterocycles. The number of aryl methyl sites for hydroxylation is 4. The molecule has 0 spiro atoms. The predicted octanol–water partition coefficient (Wildman–Crippen LogP) is 9.09. The topological polar surface area (TPSA) is 7.76 Å². The maximum atomic E-state index is 16.4. The fourth-order valence-electron chi connectivity index (χ4n) is 9.74. The van der Waals surface area contributed by atoms with Gasteiger partial charge in [0, 0.05) is 41.2 Å². The molecule has 0 N–H and O–H groups in total. The maximum absolute atomic E-state index is 16.4. The summed E-state index contributed by atoms with van der Waals surface area (Å²) in [6, 6.07) is 17.7. The number of hydrogen-bond acceptors (Lipinski definition) is 0. The van der Waals surface area contributed by atoms with Crippen LogP contribution < -0.4 is 19.6 Å². The average molecular weight is 653 g/mol. The standard InChI is InChI=1S/C46H53FN2/c1-11-14-15-32-26-34-23-25-49-44-40(34)37(27-32)45(8,9)42-38(47)21-19-35(41(42)44)36(46(49,12-2)13-3)20-18-33-17-16-28(4)30(6)39(33)43-31(7)29(5)22-24-48(43)10/h16-17,19,21-27,36H,5,7,11-15,18,20H2,1-4,6,8-10H3/q+2. The monoisotopic (exact) mass is 652 g/mol. The van der Waals surface area contributed by atoms with Crippen LogP contribution in [0.25, 0.3) is 46.4 Å². The summed E-state index contributed by atoms with van der Waals surface area (Å²) in [7, 11) is 2.11. The van der Waals surface area contributed by atoms with E-state index in [0.717, 1.165) is 72.2 Å². The van der Waals surface area contributed by atoms with Gasteiger partial charge in [0.15, 0.2) is 17.9 Å². The number of benzene rings is 3. The van der Waals surface area contributed by atoms with Crippen LogP contribution in [0.3, 0.4) is 0 Å². The molecule has 1 aliphatic heterocycles.